The monoisotopic (exact) mass is 344 g/mol. The Labute approximate surface area is 149 Å². The molecule has 0 aliphatic carbocycles. The molecule has 1 aromatic carbocycles. The van der Waals surface area contributed by atoms with Crippen molar-refractivity contribution < 1.29 is 0 Å². The van der Waals surface area contributed by atoms with Gasteiger partial charge in [-0.3, -0.25) is 4.90 Å². The average molecular weight is 345 g/mol. The average Bonchev–Trinajstić information content (AvgIpc) is 2.96. The predicted octanol–water partition coefficient (Wildman–Crippen LogP) is 4.06. The van der Waals surface area contributed by atoms with E-state index in [1.807, 2.05) is 11.8 Å². The van der Waals surface area contributed by atoms with Crippen molar-refractivity contribution in [2.75, 3.05) is 18.8 Å². The number of nitrogens with zero attached hydrogens (tertiary/aromatic N) is 4. The van der Waals surface area contributed by atoms with Gasteiger partial charge in [-0.2, -0.15) is 0 Å². The van der Waals surface area contributed by atoms with Crippen LogP contribution < -0.4 is 0 Å². The van der Waals surface area contributed by atoms with Gasteiger partial charge in [0.15, 0.2) is 5.16 Å². The number of hydrogen-bond acceptors (Lipinski definition) is 4. The highest BCUT2D eigenvalue weighted by molar-refractivity contribution is 7.99. The first-order chi connectivity index (χ1) is 11.7. The molecule has 0 unspecified atom stereocenters. The molecule has 0 N–H and O–H groups in total. The lowest BCUT2D eigenvalue weighted by molar-refractivity contribution is 0.213. The molecule has 0 bridgehead atoms. The zero-order chi connectivity index (χ0) is 16.8. The van der Waals surface area contributed by atoms with Gasteiger partial charge in [0.05, 0.1) is 13.1 Å². The van der Waals surface area contributed by atoms with Crippen molar-refractivity contribution in [3.63, 3.8) is 0 Å². The molecule has 1 fully saturated rings. The summed E-state index contributed by atoms with van der Waals surface area (Å²) in [6.45, 7) is 8.65. The van der Waals surface area contributed by atoms with Crippen molar-refractivity contribution in [1.29, 1.82) is 0 Å². The Bertz CT molecular complexity index is 618. The molecule has 0 atom stereocenters. The fourth-order valence-electron chi connectivity index (χ4n) is 3.03. The fraction of sp³-hybridized carbons (Fsp3) is 0.579. The van der Waals surface area contributed by atoms with Crippen LogP contribution in [0.15, 0.2) is 35.5 Å². The number of thioether (sulfide) groups is 1. The van der Waals surface area contributed by atoms with Crippen molar-refractivity contribution in [1.82, 2.24) is 19.7 Å². The van der Waals surface area contributed by atoms with E-state index in [1.165, 1.54) is 37.9 Å². The van der Waals surface area contributed by atoms with Crippen LogP contribution in [0, 0.1) is 5.92 Å². The Hall–Kier alpha value is -1.33. The summed E-state index contributed by atoms with van der Waals surface area (Å²) in [6.07, 6.45) is 3.98. The molecule has 1 aromatic heterocycles. The zero-order valence-corrected chi connectivity index (χ0v) is 15.6. The molecule has 1 aliphatic heterocycles. The van der Waals surface area contributed by atoms with E-state index in [9.17, 15) is 0 Å². The van der Waals surface area contributed by atoms with E-state index < -0.39 is 0 Å². The number of aromatic nitrogens is 3. The summed E-state index contributed by atoms with van der Waals surface area (Å²) in [5.41, 5.74) is 1.31. The highest BCUT2D eigenvalue weighted by atomic mass is 32.2. The first-order valence-corrected chi connectivity index (χ1v) is 10.0. The van der Waals surface area contributed by atoms with Crippen LogP contribution in [0.25, 0.3) is 0 Å². The Balaban J connectivity index is 1.78. The molecule has 1 saturated heterocycles. The largest absolute Gasteiger partial charge is 0.300 e. The van der Waals surface area contributed by atoms with Gasteiger partial charge in [-0.1, -0.05) is 62.4 Å². The van der Waals surface area contributed by atoms with E-state index in [0.29, 0.717) is 5.92 Å². The third kappa shape index (κ3) is 4.84. The SMILES string of the molecule is CC(C)CSc1nnc(CN2CCCCC2)n1Cc1ccccc1. The van der Waals surface area contributed by atoms with Crippen LogP contribution in [-0.4, -0.2) is 38.5 Å². The molecule has 2 heterocycles. The highest BCUT2D eigenvalue weighted by Crippen LogP contribution is 2.22. The maximum atomic E-state index is 4.53. The van der Waals surface area contributed by atoms with Crippen LogP contribution in [0.2, 0.25) is 0 Å². The number of piperidine rings is 1. The summed E-state index contributed by atoms with van der Waals surface area (Å²) in [5, 5.41) is 10.1. The van der Waals surface area contributed by atoms with Crippen molar-refractivity contribution >= 4 is 11.8 Å². The second-order valence-corrected chi connectivity index (χ2v) is 8.00. The first-order valence-electron chi connectivity index (χ1n) is 9.03. The van der Waals surface area contributed by atoms with Crippen LogP contribution >= 0.6 is 11.8 Å². The van der Waals surface area contributed by atoms with E-state index in [1.54, 1.807) is 0 Å². The van der Waals surface area contributed by atoms with Gasteiger partial charge < -0.3 is 4.57 Å². The molecular weight excluding hydrogens is 316 g/mol. The standard InChI is InChI=1S/C19H28N4S/c1-16(2)15-24-19-21-20-18(14-22-11-7-4-8-12-22)23(19)13-17-9-5-3-6-10-17/h3,5-6,9-10,16H,4,7-8,11-15H2,1-2H3. The van der Waals surface area contributed by atoms with E-state index in [-0.39, 0.29) is 0 Å². The molecule has 2 aromatic rings. The van der Waals surface area contributed by atoms with Gasteiger partial charge in [0, 0.05) is 5.75 Å². The van der Waals surface area contributed by atoms with Crippen molar-refractivity contribution in [3.8, 4) is 0 Å². The minimum atomic E-state index is 0.655. The van der Waals surface area contributed by atoms with Gasteiger partial charge in [0.2, 0.25) is 0 Å². The van der Waals surface area contributed by atoms with Gasteiger partial charge in [0.1, 0.15) is 5.82 Å². The lowest BCUT2D eigenvalue weighted by atomic mass is 10.1. The van der Waals surface area contributed by atoms with Gasteiger partial charge in [-0.05, 0) is 37.4 Å². The van der Waals surface area contributed by atoms with Gasteiger partial charge in [0.25, 0.3) is 0 Å². The van der Waals surface area contributed by atoms with E-state index in [4.69, 9.17) is 0 Å². The Morgan fingerprint density at radius 2 is 1.75 bits per heavy atom. The number of hydrogen-bond donors (Lipinski definition) is 0. The second kappa shape index (κ2) is 8.67. The quantitative estimate of drug-likeness (QED) is 0.709. The molecule has 130 valence electrons. The second-order valence-electron chi connectivity index (χ2n) is 7.01. The summed E-state index contributed by atoms with van der Waals surface area (Å²) in [7, 11) is 0. The molecule has 5 heteroatoms. The summed E-state index contributed by atoms with van der Waals surface area (Å²) < 4.78 is 2.32. The molecule has 0 radical (unpaired) electrons. The molecule has 0 amide bonds. The molecule has 24 heavy (non-hydrogen) atoms. The molecule has 1 aliphatic rings. The smallest absolute Gasteiger partial charge is 0.191 e. The maximum absolute atomic E-state index is 4.53. The highest BCUT2D eigenvalue weighted by Gasteiger charge is 2.18. The van der Waals surface area contributed by atoms with Gasteiger partial charge in [-0.15, -0.1) is 10.2 Å². The molecular formula is C19H28N4S. The van der Waals surface area contributed by atoms with Crippen LogP contribution in [0.1, 0.15) is 44.5 Å². The number of likely N-dealkylation sites (tertiary alicyclic amines) is 1. The van der Waals surface area contributed by atoms with E-state index in [0.717, 1.165) is 29.8 Å². The first kappa shape index (κ1) is 17.5. The third-order valence-corrected chi connectivity index (χ3v) is 5.73. The summed E-state index contributed by atoms with van der Waals surface area (Å²) >= 11 is 1.83. The van der Waals surface area contributed by atoms with Gasteiger partial charge >= 0.3 is 0 Å². The van der Waals surface area contributed by atoms with Crippen LogP contribution in [0.3, 0.4) is 0 Å². The lowest BCUT2D eigenvalue weighted by Crippen LogP contribution is -2.30. The predicted molar refractivity (Wildman–Crippen MR) is 100 cm³/mol. The normalized spacial score (nSPS) is 16.0. The number of benzene rings is 1. The lowest BCUT2D eigenvalue weighted by Gasteiger charge is -2.26. The minimum Gasteiger partial charge on any atom is -0.300 e. The van der Waals surface area contributed by atoms with Gasteiger partial charge in [-0.25, -0.2) is 0 Å². The van der Waals surface area contributed by atoms with Crippen molar-refractivity contribution in [3.05, 3.63) is 41.7 Å². The molecule has 4 nitrogen and oxygen atoms in total. The van der Waals surface area contributed by atoms with E-state index >= 15 is 0 Å². The van der Waals surface area contributed by atoms with Crippen LogP contribution in [0.5, 0.6) is 0 Å². The topological polar surface area (TPSA) is 34.0 Å². The molecule has 0 spiro atoms. The zero-order valence-electron chi connectivity index (χ0n) is 14.8. The molecule has 3 rings (SSSR count). The van der Waals surface area contributed by atoms with Crippen molar-refractivity contribution in [2.45, 2.75) is 51.4 Å². The summed E-state index contributed by atoms with van der Waals surface area (Å²) in [5.74, 6) is 2.84. The maximum Gasteiger partial charge on any atom is 0.191 e. The van der Waals surface area contributed by atoms with Crippen molar-refractivity contribution in [2.24, 2.45) is 5.92 Å². The van der Waals surface area contributed by atoms with Crippen LogP contribution in [0.4, 0.5) is 0 Å². The summed E-state index contributed by atoms with van der Waals surface area (Å²) in [6, 6.07) is 10.6. The van der Waals surface area contributed by atoms with Crippen LogP contribution in [-0.2, 0) is 13.1 Å². The van der Waals surface area contributed by atoms with E-state index in [2.05, 4.69) is 63.8 Å². The third-order valence-electron chi connectivity index (χ3n) is 4.34. The Kier molecular flexibility index (Phi) is 6.32. The minimum absolute atomic E-state index is 0.655. The molecule has 0 saturated carbocycles. The Morgan fingerprint density at radius 3 is 2.46 bits per heavy atom. The fourth-order valence-corrected chi connectivity index (χ4v) is 3.93. The summed E-state index contributed by atoms with van der Waals surface area (Å²) in [4.78, 5) is 2.52. The Morgan fingerprint density at radius 1 is 1.00 bits per heavy atom. The number of rotatable bonds is 7.